The molecule has 1 saturated heterocycles. The molecular formula is C31H31F3N4O4S. The van der Waals surface area contributed by atoms with Crippen LogP contribution in [0, 0.1) is 22.2 Å². The SMILES string of the molecule is N#CC1(C2(C(N)=O)CCCCC2c2oc(-c3ccc(C(F)(F)F)cc3)nc2-c2ccc(N3CCS(=O)(=O)CC3)cc2)CC1. The summed E-state index contributed by atoms with van der Waals surface area (Å²) in [7, 11) is -3.04. The number of hydrogen-bond acceptors (Lipinski definition) is 7. The fourth-order valence-electron chi connectivity index (χ4n) is 6.91. The van der Waals surface area contributed by atoms with E-state index < -0.39 is 44.2 Å². The molecule has 1 amide bonds. The molecule has 12 heteroatoms. The number of hydrogen-bond donors (Lipinski definition) is 1. The lowest BCUT2D eigenvalue weighted by atomic mass is 9.56. The molecule has 0 spiro atoms. The van der Waals surface area contributed by atoms with Crippen LogP contribution in [0.15, 0.2) is 52.9 Å². The summed E-state index contributed by atoms with van der Waals surface area (Å²) in [4.78, 5) is 20.0. The standard InChI is InChI=1S/C31H31F3N4O4S/c32-31(33,34)22-8-4-21(5-9-22)27-37-25(20-6-10-23(11-7-20)38-15-17-43(40,41)18-16-38)26(42-27)24-3-1-2-12-30(24,28(36)39)29(19-35)13-14-29/h4-11,24H,1-3,12-18H2,(H2,36,39). The molecule has 2 N–H and O–H groups in total. The third-order valence-electron chi connectivity index (χ3n) is 9.45. The molecule has 2 aliphatic carbocycles. The van der Waals surface area contributed by atoms with Gasteiger partial charge in [0.05, 0.1) is 34.0 Å². The maximum absolute atomic E-state index is 13.3. The van der Waals surface area contributed by atoms with Crippen molar-refractivity contribution < 1.29 is 30.8 Å². The smallest absolute Gasteiger partial charge is 0.416 e. The number of sulfone groups is 1. The zero-order valence-electron chi connectivity index (χ0n) is 23.4. The first-order chi connectivity index (χ1) is 20.4. The number of nitrogens with zero attached hydrogens (tertiary/aromatic N) is 3. The van der Waals surface area contributed by atoms with E-state index in [4.69, 9.17) is 15.1 Å². The van der Waals surface area contributed by atoms with Gasteiger partial charge in [-0.1, -0.05) is 25.0 Å². The van der Waals surface area contributed by atoms with Crippen LogP contribution in [-0.4, -0.2) is 43.9 Å². The molecule has 0 bridgehead atoms. The van der Waals surface area contributed by atoms with Crippen molar-refractivity contribution >= 4 is 21.4 Å². The summed E-state index contributed by atoms with van der Waals surface area (Å²) in [6.07, 6.45) is -0.887. The highest BCUT2D eigenvalue weighted by atomic mass is 32.2. The predicted octanol–water partition coefficient (Wildman–Crippen LogP) is 5.70. The van der Waals surface area contributed by atoms with Crippen LogP contribution < -0.4 is 10.6 Å². The molecule has 226 valence electrons. The third kappa shape index (κ3) is 5.07. The van der Waals surface area contributed by atoms with E-state index >= 15 is 0 Å². The molecule has 3 aliphatic rings. The lowest BCUT2D eigenvalue weighted by Gasteiger charge is -2.44. The number of carbonyl (C=O) groups is 1. The van der Waals surface area contributed by atoms with Gasteiger partial charge in [0.1, 0.15) is 11.5 Å². The Kier molecular flexibility index (Phi) is 7.07. The molecule has 3 aromatic rings. The normalized spacial score (nSPS) is 24.7. The van der Waals surface area contributed by atoms with Gasteiger partial charge in [0.15, 0.2) is 9.84 Å². The molecule has 1 aliphatic heterocycles. The van der Waals surface area contributed by atoms with Gasteiger partial charge in [0, 0.05) is 35.8 Å². The van der Waals surface area contributed by atoms with Crippen LogP contribution >= 0.6 is 0 Å². The van der Waals surface area contributed by atoms with Gasteiger partial charge in [0.2, 0.25) is 11.8 Å². The largest absolute Gasteiger partial charge is 0.440 e. The van der Waals surface area contributed by atoms with Gasteiger partial charge in [-0.25, -0.2) is 13.4 Å². The van der Waals surface area contributed by atoms with Gasteiger partial charge in [-0.15, -0.1) is 0 Å². The highest BCUT2D eigenvalue weighted by Crippen LogP contribution is 2.68. The monoisotopic (exact) mass is 612 g/mol. The molecular weight excluding hydrogens is 581 g/mol. The maximum Gasteiger partial charge on any atom is 0.416 e. The van der Waals surface area contributed by atoms with E-state index in [2.05, 4.69) is 6.07 Å². The number of nitriles is 1. The van der Waals surface area contributed by atoms with Crippen molar-refractivity contribution in [2.24, 2.45) is 16.6 Å². The molecule has 3 fully saturated rings. The minimum absolute atomic E-state index is 0.0796. The van der Waals surface area contributed by atoms with Gasteiger partial charge in [0.25, 0.3) is 0 Å². The summed E-state index contributed by atoms with van der Waals surface area (Å²) in [5, 5.41) is 10.2. The number of aromatic nitrogens is 1. The fraction of sp³-hybridized carbons (Fsp3) is 0.452. The number of carbonyl (C=O) groups excluding carboxylic acids is 1. The van der Waals surface area contributed by atoms with Gasteiger partial charge in [-0.2, -0.15) is 18.4 Å². The Bertz CT molecular complexity index is 1680. The number of alkyl halides is 3. The van der Waals surface area contributed by atoms with Crippen molar-refractivity contribution in [2.75, 3.05) is 29.5 Å². The van der Waals surface area contributed by atoms with Crippen LogP contribution in [0.5, 0.6) is 0 Å². The summed E-state index contributed by atoms with van der Waals surface area (Å²) in [6.45, 7) is 0.767. The molecule has 8 nitrogen and oxygen atoms in total. The van der Waals surface area contributed by atoms with Gasteiger partial charge < -0.3 is 15.1 Å². The maximum atomic E-state index is 13.3. The van der Waals surface area contributed by atoms with Crippen molar-refractivity contribution in [2.45, 2.75) is 50.6 Å². The quantitative estimate of drug-likeness (QED) is 0.378. The van der Waals surface area contributed by atoms with Crippen molar-refractivity contribution in [3.63, 3.8) is 0 Å². The van der Waals surface area contributed by atoms with E-state index in [9.17, 15) is 31.6 Å². The lowest BCUT2D eigenvalue weighted by Crippen LogP contribution is -2.50. The molecule has 0 radical (unpaired) electrons. The van der Waals surface area contributed by atoms with Crippen LogP contribution in [0.25, 0.3) is 22.7 Å². The first-order valence-electron chi connectivity index (χ1n) is 14.3. The van der Waals surface area contributed by atoms with Crippen LogP contribution in [0.2, 0.25) is 0 Å². The zero-order chi connectivity index (χ0) is 30.6. The Hall–Kier alpha value is -3.85. The molecule has 2 unspecified atom stereocenters. The first-order valence-corrected chi connectivity index (χ1v) is 16.2. The Balaban J connectivity index is 1.44. The van der Waals surface area contributed by atoms with Gasteiger partial charge in [-0.05, 0) is 62.1 Å². The summed E-state index contributed by atoms with van der Waals surface area (Å²) >= 11 is 0. The zero-order valence-corrected chi connectivity index (χ0v) is 24.2. The number of benzene rings is 2. The van der Waals surface area contributed by atoms with E-state index in [-0.39, 0.29) is 17.4 Å². The second-order valence-corrected chi connectivity index (χ2v) is 14.1. The Morgan fingerprint density at radius 1 is 1.00 bits per heavy atom. The molecule has 2 atom stereocenters. The minimum Gasteiger partial charge on any atom is -0.440 e. The second-order valence-electron chi connectivity index (χ2n) is 11.8. The number of primary amides is 1. The predicted molar refractivity (Wildman–Crippen MR) is 153 cm³/mol. The Labute approximate surface area is 247 Å². The first kappa shape index (κ1) is 29.2. The number of rotatable bonds is 6. The van der Waals surface area contributed by atoms with E-state index in [1.165, 1.54) is 12.1 Å². The molecule has 2 heterocycles. The van der Waals surface area contributed by atoms with Crippen LogP contribution in [0.4, 0.5) is 18.9 Å². The topological polar surface area (TPSA) is 130 Å². The fourth-order valence-corrected chi connectivity index (χ4v) is 8.12. The third-order valence-corrected chi connectivity index (χ3v) is 11.1. The van der Waals surface area contributed by atoms with Gasteiger partial charge >= 0.3 is 6.18 Å². The number of anilines is 1. The molecule has 6 rings (SSSR count). The molecule has 2 aromatic carbocycles. The molecule has 1 aromatic heterocycles. The molecule has 2 saturated carbocycles. The van der Waals surface area contributed by atoms with E-state index in [0.29, 0.717) is 61.4 Å². The minimum atomic E-state index is -4.50. The summed E-state index contributed by atoms with van der Waals surface area (Å²) in [6, 6.07) is 14.3. The molecule has 43 heavy (non-hydrogen) atoms. The van der Waals surface area contributed by atoms with Crippen molar-refractivity contribution in [1.82, 2.24) is 4.98 Å². The van der Waals surface area contributed by atoms with E-state index in [0.717, 1.165) is 30.7 Å². The lowest BCUT2D eigenvalue weighted by molar-refractivity contribution is -0.137. The average molecular weight is 613 g/mol. The van der Waals surface area contributed by atoms with Crippen LogP contribution in [-0.2, 0) is 20.8 Å². The number of nitrogens with two attached hydrogens (primary N) is 1. The number of halogens is 3. The van der Waals surface area contributed by atoms with Crippen molar-refractivity contribution in [3.8, 4) is 28.8 Å². The van der Waals surface area contributed by atoms with E-state index in [1.54, 1.807) is 0 Å². The highest BCUT2D eigenvalue weighted by molar-refractivity contribution is 7.91. The van der Waals surface area contributed by atoms with Crippen molar-refractivity contribution in [3.05, 3.63) is 59.9 Å². The summed E-state index contributed by atoms with van der Waals surface area (Å²) in [5.41, 5.74) is 5.54. The highest BCUT2D eigenvalue weighted by Gasteiger charge is 2.67. The summed E-state index contributed by atoms with van der Waals surface area (Å²) in [5.74, 6) is -0.433. The van der Waals surface area contributed by atoms with Crippen LogP contribution in [0.3, 0.4) is 0 Å². The van der Waals surface area contributed by atoms with Gasteiger partial charge in [-0.3, -0.25) is 4.79 Å². The number of oxazole rings is 1. The Morgan fingerprint density at radius 3 is 2.19 bits per heavy atom. The Morgan fingerprint density at radius 2 is 1.63 bits per heavy atom. The number of amides is 1. The summed E-state index contributed by atoms with van der Waals surface area (Å²) < 4.78 is 69.8. The average Bonchev–Trinajstić information content (AvgIpc) is 3.68. The van der Waals surface area contributed by atoms with Crippen molar-refractivity contribution in [1.29, 1.82) is 5.26 Å². The second kappa shape index (κ2) is 10.4. The van der Waals surface area contributed by atoms with E-state index in [1.807, 2.05) is 29.2 Å². The van der Waals surface area contributed by atoms with Crippen LogP contribution in [0.1, 0.15) is 55.8 Å².